The lowest BCUT2D eigenvalue weighted by atomic mass is 10.1. The summed E-state index contributed by atoms with van der Waals surface area (Å²) in [5.41, 5.74) is 0.560. The monoisotopic (exact) mass is 219 g/mol. The van der Waals surface area contributed by atoms with Crippen LogP contribution in [0.15, 0.2) is 29.1 Å². The first kappa shape index (κ1) is 10.7. The molecule has 84 valence electrons. The molecule has 4 nitrogen and oxygen atoms in total. The molecule has 2 N–H and O–H groups in total. The fourth-order valence-corrected chi connectivity index (χ4v) is 1.75. The zero-order valence-corrected chi connectivity index (χ0v) is 8.99. The Kier molecular flexibility index (Phi) is 2.92. The van der Waals surface area contributed by atoms with Gasteiger partial charge < -0.3 is 14.8 Å². The van der Waals surface area contributed by atoms with E-state index in [2.05, 4.69) is 4.98 Å². The number of benzene rings is 1. The van der Waals surface area contributed by atoms with Crippen LogP contribution in [-0.2, 0) is 6.42 Å². The highest BCUT2D eigenvalue weighted by atomic mass is 16.5. The second kappa shape index (κ2) is 4.37. The number of aliphatic hydroxyl groups excluding tert-OH is 1. The van der Waals surface area contributed by atoms with Crippen LogP contribution < -0.4 is 10.3 Å². The van der Waals surface area contributed by atoms with E-state index >= 15 is 0 Å². The van der Waals surface area contributed by atoms with Gasteiger partial charge in [-0.3, -0.25) is 4.79 Å². The number of aromatic amines is 1. The normalized spacial score (nSPS) is 10.6. The van der Waals surface area contributed by atoms with Crippen LogP contribution >= 0.6 is 0 Å². The summed E-state index contributed by atoms with van der Waals surface area (Å²) in [6.07, 6.45) is 0.434. The molecule has 0 radical (unpaired) electrons. The first-order valence-electron chi connectivity index (χ1n) is 5.06. The SMILES string of the molecule is COc1cccc2c(=O)[nH]c(CCO)cc12. The van der Waals surface area contributed by atoms with Gasteiger partial charge in [-0.1, -0.05) is 6.07 Å². The standard InChI is InChI=1S/C12H13NO3/c1-16-11-4-2-3-9-10(11)7-8(5-6-14)13-12(9)15/h2-4,7,14H,5-6H2,1H3,(H,13,15). The molecule has 0 amide bonds. The number of aliphatic hydroxyl groups is 1. The number of aromatic nitrogens is 1. The summed E-state index contributed by atoms with van der Waals surface area (Å²) in [6, 6.07) is 7.18. The van der Waals surface area contributed by atoms with Gasteiger partial charge in [0.25, 0.3) is 5.56 Å². The molecule has 0 aliphatic carbocycles. The van der Waals surface area contributed by atoms with Gasteiger partial charge in [-0.25, -0.2) is 0 Å². The van der Waals surface area contributed by atoms with Crippen molar-refractivity contribution >= 4 is 10.8 Å². The Balaban J connectivity index is 2.72. The lowest BCUT2D eigenvalue weighted by Crippen LogP contribution is -2.10. The summed E-state index contributed by atoms with van der Waals surface area (Å²) >= 11 is 0. The molecule has 0 atom stereocenters. The average molecular weight is 219 g/mol. The fraction of sp³-hybridized carbons (Fsp3) is 0.250. The maximum Gasteiger partial charge on any atom is 0.256 e. The molecule has 1 aromatic heterocycles. The second-order valence-corrected chi connectivity index (χ2v) is 3.52. The maximum atomic E-state index is 11.7. The number of nitrogens with one attached hydrogen (secondary N) is 1. The topological polar surface area (TPSA) is 62.3 Å². The highest BCUT2D eigenvalue weighted by Crippen LogP contribution is 2.23. The summed E-state index contributed by atoms with van der Waals surface area (Å²) in [7, 11) is 1.57. The van der Waals surface area contributed by atoms with Crippen molar-refractivity contribution in [3.05, 3.63) is 40.3 Å². The van der Waals surface area contributed by atoms with Gasteiger partial charge in [-0.2, -0.15) is 0 Å². The Bertz CT molecular complexity index is 560. The Hall–Kier alpha value is -1.81. The first-order chi connectivity index (χ1) is 7.76. The summed E-state index contributed by atoms with van der Waals surface area (Å²) < 4.78 is 5.20. The fourth-order valence-electron chi connectivity index (χ4n) is 1.75. The van der Waals surface area contributed by atoms with Crippen LogP contribution in [0, 0.1) is 0 Å². The van der Waals surface area contributed by atoms with E-state index in [-0.39, 0.29) is 12.2 Å². The molecule has 16 heavy (non-hydrogen) atoms. The Labute approximate surface area is 92.5 Å². The lowest BCUT2D eigenvalue weighted by Gasteiger charge is -2.06. The van der Waals surface area contributed by atoms with Crippen molar-refractivity contribution in [3.63, 3.8) is 0 Å². The molecule has 1 aromatic carbocycles. The van der Waals surface area contributed by atoms with Crippen molar-refractivity contribution in [2.75, 3.05) is 13.7 Å². The number of rotatable bonds is 3. The smallest absolute Gasteiger partial charge is 0.256 e. The molecule has 1 heterocycles. The summed E-state index contributed by atoms with van der Waals surface area (Å²) in [5, 5.41) is 10.2. The highest BCUT2D eigenvalue weighted by molar-refractivity contribution is 5.87. The number of fused-ring (bicyclic) bond motifs is 1. The minimum Gasteiger partial charge on any atom is -0.496 e. The van der Waals surface area contributed by atoms with Gasteiger partial charge in [-0.05, 0) is 18.2 Å². The van der Waals surface area contributed by atoms with Crippen molar-refractivity contribution in [3.8, 4) is 5.75 Å². The highest BCUT2D eigenvalue weighted by Gasteiger charge is 2.06. The molecule has 0 aliphatic heterocycles. The first-order valence-corrected chi connectivity index (χ1v) is 5.06. The molecule has 0 bridgehead atoms. The van der Waals surface area contributed by atoms with E-state index in [4.69, 9.17) is 9.84 Å². The third-order valence-corrected chi connectivity index (χ3v) is 2.50. The third kappa shape index (κ3) is 1.79. The molecule has 4 heteroatoms. The van der Waals surface area contributed by atoms with Crippen LogP contribution in [0.25, 0.3) is 10.8 Å². The van der Waals surface area contributed by atoms with Gasteiger partial charge in [0, 0.05) is 24.1 Å². The predicted octanol–water partition coefficient (Wildman–Crippen LogP) is 1.07. The molecule has 0 saturated carbocycles. The number of ether oxygens (including phenoxy) is 1. The van der Waals surface area contributed by atoms with E-state index in [1.165, 1.54) is 0 Å². The van der Waals surface area contributed by atoms with E-state index in [1.54, 1.807) is 19.2 Å². The van der Waals surface area contributed by atoms with Crippen LogP contribution in [0.1, 0.15) is 5.69 Å². The van der Waals surface area contributed by atoms with Gasteiger partial charge in [-0.15, -0.1) is 0 Å². The van der Waals surface area contributed by atoms with Crippen LogP contribution in [0.3, 0.4) is 0 Å². The van der Waals surface area contributed by atoms with Gasteiger partial charge in [0.1, 0.15) is 5.75 Å². The van der Waals surface area contributed by atoms with Crippen LogP contribution in [0.2, 0.25) is 0 Å². The van der Waals surface area contributed by atoms with Crippen molar-refractivity contribution in [2.24, 2.45) is 0 Å². The minimum atomic E-state index is -0.153. The molecule has 2 rings (SSSR count). The number of hydrogen-bond donors (Lipinski definition) is 2. The van der Waals surface area contributed by atoms with Crippen LogP contribution in [0.4, 0.5) is 0 Å². The third-order valence-electron chi connectivity index (χ3n) is 2.50. The van der Waals surface area contributed by atoms with Crippen molar-refractivity contribution < 1.29 is 9.84 Å². The van der Waals surface area contributed by atoms with E-state index in [9.17, 15) is 4.79 Å². The Morgan fingerprint density at radius 2 is 2.19 bits per heavy atom. The number of hydrogen-bond acceptors (Lipinski definition) is 3. The number of H-pyrrole nitrogens is 1. The molecule has 0 saturated heterocycles. The molecule has 0 aliphatic rings. The largest absolute Gasteiger partial charge is 0.496 e. The molecule has 0 fully saturated rings. The molecule has 2 aromatic rings. The quantitative estimate of drug-likeness (QED) is 0.811. The summed E-state index contributed by atoms with van der Waals surface area (Å²) in [4.78, 5) is 14.5. The number of methoxy groups -OCH3 is 1. The van der Waals surface area contributed by atoms with E-state index in [1.807, 2.05) is 12.1 Å². The van der Waals surface area contributed by atoms with Crippen molar-refractivity contribution in [1.82, 2.24) is 4.98 Å². The summed E-state index contributed by atoms with van der Waals surface area (Å²) in [5.74, 6) is 0.669. The Morgan fingerprint density at radius 1 is 1.38 bits per heavy atom. The van der Waals surface area contributed by atoms with E-state index in [0.29, 0.717) is 23.3 Å². The zero-order valence-electron chi connectivity index (χ0n) is 8.99. The van der Waals surface area contributed by atoms with Crippen LogP contribution in [-0.4, -0.2) is 23.8 Å². The molecular weight excluding hydrogens is 206 g/mol. The lowest BCUT2D eigenvalue weighted by molar-refractivity contribution is 0.298. The summed E-state index contributed by atoms with van der Waals surface area (Å²) in [6.45, 7) is 0.0105. The van der Waals surface area contributed by atoms with E-state index < -0.39 is 0 Å². The van der Waals surface area contributed by atoms with Gasteiger partial charge in [0.05, 0.1) is 12.5 Å². The van der Waals surface area contributed by atoms with Crippen molar-refractivity contribution in [2.45, 2.75) is 6.42 Å². The predicted molar refractivity (Wildman–Crippen MR) is 61.9 cm³/mol. The molecular formula is C12H13NO3. The average Bonchev–Trinajstić information content (AvgIpc) is 2.29. The van der Waals surface area contributed by atoms with E-state index in [0.717, 1.165) is 5.39 Å². The van der Waals surface area contributed by atoms with Gasteiger partial charge >= 0.3 is 0 Å². The minimum absolute atomic E-state index is 0.0105. The zero-order chi connectivity index (χ0) is 11.5. The number of pyridine rings is 1. The molecule has 0 unspecified atom stereocenters. The molecule has 0 spiro atoms. The van der Waals surface area contributed by atoms with Crippen molar-refractivity contribution in [1.29, 1.82) is 0 Å². The van der Waals surface area contributed by atoms with Gasteiger partial charge in [0.15, 0.2) is 0 Å². The Morgan fingerprint density at radius 3 is 2.88 bits per heavy atom. The maximum absolute atomic E-state index is 11.7. The second-order valence-electron chi connectivity index (χ2n) is 3.52. The van der Waals surface area contributed by atoms with Crippen LogP contribution in [0.5, 0.6) is 5.75 Å². The van der Waals surface area contributed by atoms with Gasteiger partial charge in [0.2, 0.25) is 0 Å².